The van der Waals surface area contributed by atoms with Crippen molar-refractivity contribution in [3.63, 3.8) is 0 Å². The zero-order valence-corrected chi connectivity index (χ0v) is 18.7. The third-order valence-corrected chi connectivity index (χ3v) is 5.84. The Hall–Kier alpha value is -2.32. The van der Waals surface area contributed by atoms with E-state index in [0.717, 1.165) is 78.4 Å². The van der Waals surface area contributed by atoms with Crippen molar-refractivity contribution in [2.75, 3.05) is 77.6 Å². The van der Waals surface area contributed by atoms with Crippen molar-refractivity contribution < 1.29 is 14.3 Å². The Bertz CT molecular complexity index is 671. The summed E-state index contributed by atoms with van der Waals surface area (Å²) >= 11 is 0. The highest BCUT2D eigenvalue weighted by Crippen LogP contribution is 2.16. The number of nitrogens with one attached hydrogen (secondary N) is 2. The van der Waals surface area contributed by atoms with Crippen molar-refractivity contribution >= 4 is 17.6 Å². The van der Waals surface area contributed by atoms with Crippen molar-refractivity contribution in [1.29, 1.82) is 0 Å². The van der Waals surface area contributed by atoms with Gasteiger partial charge in [-0.05, 0) is 37.3 Å². The van der Waals surface area contributed by atoms with Gasteiger partial charge >= 0.3 is 0 Å². The molecule has 0 saturated carbocycles. The minimum atomic E-state index is 0.107. The van der Waals surface area contributed by atoms with Crippen LogP contribution in [0.2, 0.25) is 0 Å². The van der Waals surface area contributed by atoms with E-state index >= 15 is 0 Å². The number of carbonyl (C=O) groups is 1. The van der Waals surface area contributed by atoms with E-state index in [0.29, 0.717) is 11.9 Å². The lowest BCUT2D eigenvalue weighted by Crippen LogP contribution is -2.52. The molecule has 0 radical (unpaired) electrons. The summed E-state index contributed by atoms with van der Waals surface area (Å²) in [6.45, 7) is 7.49. The smallest absolute Gasteiger partial charge is 0.242 e. The molecule has 1 aromatic rings. The highest BCUT2D eigenvalue weighted by atomic mass is 16.5. The molecule has 1 aromatic carbocycles. The van der Waals surface area contributed by atoms with Gasteiger partial charge in [-0.2, -0.15) is 0 Å². The lowest BCUT2D eigenvalue weighted by molar-refractivity contribution is -0.130. The van der Waals surface area contributed by atoms with Gasteiger partial charge in [-0.3, -0.25) is 9.79 Å². The van der Waals surface area contributed by atoms with Crippen LogP contribution in [0.5, 0.6) is 0 Å². The number of aliphatic imine (C=N–C) groups is 1. The molecule has 2 saturated heterocycles. The topological polar surface area (TPSA) is 78.4 Å². The fraction of sp³-hybridized carbons (Fsp3) is 0.652. The summed E-state index contributed by atoms with van der Waals surface area (Å²) < 4.78 is 11.2. The van der Waals surface area contributed by atoms with E-state index in [1.165, 1.54) is 5.69 Å². The van der Waals surface area contributed by atoms with Gasteiger partial charge in [-0.15, -0.1) is 0 Å². The first kappa shape index (κ1) is 23.3. The number of piperazine rings is 1. The average molecular weight is 432 g/mol. The second-order valence-corrected chi connectivity index (χ2v) is 8.04. The van der Waals surface area contributed by atoms with Crippen LogP contribution in [0.3, 0.4) is 0 Å². The molecule has 2 heterocycles. The molecule has 2 aliphatic heterocycles. The van der Waals surface area contributed by atoms with E-state index in [4.69, 9.17) is 9.47 Å². The Morgan fingerprint density at radius 1 is 1.13 bits per heavy atom. The van der Waals surface area contributed by atoms with E-state index < -0.39 is 0 Å². The first-order valence-electron chi connectivity index (χ1n) is 11.4. The lowest BCUT2D eigenvalue weighted by atomic mass is 10.0. The van der Waals surface area contributed by atoms with Crippen molar-refractivity contribution in [3.05, 3.63) is 30.3 Å². The van der Waals surface area contributed by atoms with E-state index in [2.05, 4.69) is 32.7 Å². The van der Waals surface area contributed by atoms with Gasteiger partial charge in [0.15, 0.2) is 5.96 Å². The predicted octanol–water partition coefficient (Wildman–Crippen LogP) is 1.33. The molecular weight excluding hydrogens is 394 g/mol. The van der Waals surface area contributed by atoms with Gasteiger partial charge in [0.05, 0.1) is 6.54 Å². The number of amides is 1. The number of nitrogens with zero attached hydrogens (tertiary/aromatic N) is 3. The van der Waals surface area contributed by atoms with Gasteiger partial charge < -0.3 is 29.9 Å². The number of carbonyl (C=O) groups excluding carboxylic acids is 1. The van der Waals surface area contributed by atoms with Crippen molar-refractivity contribution in [2.45, 2.75) is 19.3 Å². The summed E-state index contributed by atoms with van der Waals surface area (Å²) in [6, 6.07) is 10.4. The predicted molar refractivity (Wildman–Crippen MR) is 124 cm³/mol. The molecule has 0 atom stereocenters. The quantitative estimate of drug-likeness (QED) is 0.349. The van der Waals surface area contributed by atoms with Crippen LogP contribution in [-0.4, -0.2) is 89.5 Å². The Morgan fingerprint density at radius 3 is 2.58 bits per heavy atom. The van der Waals surface area contributed by atoms with Gasteiger partial charge in [-0.25, -0.2) is 0 Å². The number of anilines is 1. The van der Waals surface area contributed by atoms with Crippen molar-refractivity contribution in [2.24, 2.45) is 10.9 Å². The number of guanidine groups is 1. The maximum atomic E-state index is 12.6. The summed E-state index contributed by atoms with van der Waals surface area (Å²) in [7, 11) is 1.72. The molecule has 8 heteroatoms. The number of para-hydroxylation sites is 1. The molecule has 1 amide bonds. The van der Waals surface area contributed by atoms with Crippen LogP contribution >= 0.6 is 0 Å². The first-order valence-corrected chi connectivity index (χ1v) is 11.4. The molecule has 0 unspecified atom stereocenters. The SMILES string of the molecule is CN=C(NCCCOCC1CCOCC1)NCC(=O)N1CCN(c2ccccc2)CC1. The van der Waals surface area contributed by atoms with Crippen LogP contribution < -0.4 is 15.5 Å². The molecule has 2 N–H and O–H groups in total. The fourth-order valence-corrected chi connectivity index (χ4v) is 3.89. The van der Waals surface area contributed by atoms with Gasteiger partial charge in [0, 0.05) is 71.9 Å². The Balaban J connectivity index is 1.25. The van der Waals surface area contributed by atoms with E-state index in [1.54, 1.807) is 7.05 Å². The standard InChI is InChI=1S/C23H37N5O3/c1-24-23(25-10-5-15-31-19-20-8-16-30-17-9-20)26-18-22(29)28-13-11-27(12-14-28)21-6-3-2-4-7-21/h2-4,6-7,20H,5,8-19H2,1H3,(H2,24,25,26). The summed E-state index contributed by atoms with van der Waals surface area (Å²) in [5, 5.41) is 6.39. The van der Waals surface area contributed by atoms with Crippen LogP contribution in [0.25, 0.3) is 0 Å². The Morgan fingerprint density at radius 2 is 1.87 bits per heavy atom. The zero-order valence-electron chi connectivity index (χ0n) is 18.7. The molecule has 2 fully saturated rings. The summed E-state index contributed by atoms with van der Waals surface area (Å²) in [4.78, 5) is 21.0. The monoisotopic (exact) mass is 431 g/mol. The summed E-state index contributed by atoms with van der Waals surface area (Å²) in [5.74, 6) is 1.40. The number of benzene rings is 1. The molecule has 3 rings (SSSR count). The Labute approximate surface area is 186 Å². The van der Waals surface area contributed by atoms with Crippen molar-refractivity contribution in [3.8, 4) is 0 Å². The lowest BCUT2D eigenvalue weighted by Gasteiger charge is -2.36. The Kier molecular flexibility index (Phi) is 9.92. The fourth-order valence-electron chi connectivity index (χ4n) is 3.89. The first-order chi connectivity index (χ1) is 15.3. The largest absolute Gasteiger partial charge is 0.381 e. The number of ether oxygens (including phenoxy) is 2. The highest BCUT2D eigenvalue weighted by Gasteiger charge is 2.21. The van der Waals surface area contributed by atoms with Crippen LogP contribution in [0.1, 0.15) is 19.3 Å². The van der Waals surface area contributed by atoms with Gasteiger partial charge in [-0.1, -0.05) is 18.2 Å². The van der Waals surface area contributed by atoms with Crippen LogP contribution in [0.15, 0.2) is 35.3 Å². The van der Waals surface area contributed by atoms with Crippen LogP contribution in [0, 0.1) is 5.92 Å². The number of rotatable bonds is 9. The minimum absolute atomic E-state index is 0.107. The van der Waals surface area contributed by atoms with Crippen LogP contribution in [-0.2, 0) is 14.3 Å². The molecule has 31 heavy (non-hydrogen) atoms. The molecule has 0 aromatic heterocycles. The van der Waals surface area contributed by atoms with Crippen molar-refractivity contribution in [1.82, 2.24) is 15.5 Å². The molecule has 0 aliphatic carbocycles. The second-order valence-electron chi connectivity index (χ2n) is 8.04. The van der Waals surface area contributed by atoms with E-state index in [9.17, 15) is 4.79 Å². The maximum absolute atomic E-state index is 12.6. The zero-order chi connectivity index (χ0) is 21.7. The minimum Gasteiger partial charge on any atom is -0.381 e. The normalized spacial score (nSPS) is 18.2. The summed E-state index contributed by atoms with van der Waals surface area (Å²) in [6.07, 6.45) is 3.10. The number of hydrogen-bond donors (Lipinski definition) is 2. The van der Waals surface area contributed by atoms with Gasteiger partial charge in [0.2, 0.25) is 5.91 Å². The van der Waals surface area contributed by atoms with E-state index in [1.807, 2.05) is 23.1 Å². The summed E-state index contributed by atoms with van der Waals surface area (Å²) in [5.41, 5.74) is 1.22. The molecule has 0 bridgehead atoms. The van der Waals surface area contributed by atoms with Gasteiger partial charge in [0.1, 0.15) is 0 Å². The van der Waals surface area contributed by atoms with E-state index in [-0.39, 0.29) is 12.5 Å². The number of hydrogen-bond acceptors (Lipinski definition) is 5. The van der Waals surface area contributed by atoms with Gasteiger partial charge in [0.25, 0.3) is 0 Å². The third-order valence-electron chi connectivity index (χ3n) is 5.84. The maximum Gasteiger partial charge on any atom is 0.242 e. The average Bonchev–Trinajstić information content (AvgIpc) is 2.84. The molecule has 172 valence electrons. The molecule has 8 nitrogen and oxygen atoms in total. The molecule has 2 aliphatic rings. The highest BCUT2D eigenvalue weighted by molar-refractivity contribution is 5.86. The third kappa shape index (κ3) is 8.03. The molecular formula is C23H37N5O3. The second kappa shape index (κ2) is 13.2. The van der Waals surface area contributed by atoms with Crippen LogP contribution in [0.4, 0.5) is 5.69 Å². The molecule has 0 spiro atoms.